The van der Waals surface area contributed by atoms with Crippen LogP contribution in [-0.2, 0) is 22.0 Å². The normalized spacial score (nSPS) is 15.1. The van der Waals surface area contributed by atoms with Crippen molar-refractivity contribution in [2.24, 2.45) is 0 Å². The van der Waals surface area contributed by atoms with Crippen molar-refractivity contribution >= 4 is 22.9 Å². The van der Waals surface area contributed by atoms with Gasteiger partial charge in [0.05, 0.1) is 7.11 Å². The van der Waals surface area contributed by atoms with E-state index >= 15 is 0 Å². The standard InChI is InChI=1S/C43H36O6/c1-28(44)47-36-21-11-31(12-22-36)42(2,3)32-13-23-37(24-14-32)48-41(45)49-38-25-17-34(18-26-38)43(33-15-19-35(46-4)20-16-33)27-30-9-5-7-29-8-6-10-39(43)40(29)30/h5-26H,27H2,1-4H3. The molecular weight excluding hydrogens is 612 g/mol. The fourth-order valence-electron chi connectivity index (χ4n) is 7.09. The molecule has 244 valence electrons. The molecule has 6 aromatic carbocycles. The number of ether oxygens (including phenoxy) is 4. The second-order valence-corrected chi connectivity index (χ2v) is 12.9. The van der Waals surface area contributed by atoms with E-state index in [1.807, 2.05) is 60.7 Å². The van der Waals surface area contributed by atoms with Crippen LogP contribution < -0.4 is 18.9 Å². The van der Waals surface area contributed by atoms with Gasteiger partial charge in [-0.1, -0.05) is 98.8 Å². The summed E-state index contributed by atoms with van der Waals surface area (Å²) in [6, 6.07) is 43.8. The first kappa shape index (κ1) is 31.7. The van der Waals surface area contributed by atoms with E-state index in [1.165, 1.54) is 28.8 Å². The summed E-state index contributed by atoms with van der Waals surface area (Å²) in [5, 5.41) is 2.51. The molecule has 0 spiro atoms. The quantitative estimate of drug-likeness (QED) is 0.0930. The van der Waals surface area contributed by atoms with Gasteiger partial charge in [0.25, 0.3) is 0 Å². The minimum atomic E-state index is -0.816. The Kier molecular flexibility index (Phi) is 8.17. The summed E-state index contributed by atoms with van der Waals surface area (Å²) in [7, 11) is 1.67. The largest absolute Gasteiger partial charge is 0.519 e. The van der Waals surface area contributed by atoms with E-state index in [9.17, 15) is 9.59 Å². The number of hydrogen-bond donors (Lipinski definition) is 0. The molecule has 0 aliphatic heterocycles. The molecule has 49 heavy (non-hydrogen) atoms. The Balaban J connectivity index is 1.08. The lowest BCUT2D eigenvalue weighted by molar-refractivity contribution is -0.131. The highest BCUT2D eigenvalue weighted by Crippen LogP contribution is 2.51. The fraction of sp³-hybridized carbons (Fsp3) is 0.163. The van der Waals surface area contributed by atoms with Gasteiger partial charge >= 0.3 is 12.1 Å². The van der Waals surface area contributed by atoms with Crippen molar-refractivity contribution in [1.82, 2.24) is 0 Å². The van der Waals surface area contributed by atoms with Crippen molar-refractivity contribution in [2.45, 2.75) is 38.0 Å². The van der Waals surface area contributed by atoms with Crippen LogP contribution in [0, 0.1) is 0 Å². The molecule has 1 aliphatic carbocycles. The van der Waals surface area contributed by atoms with E-state index in [-0.39, 0.29) is 11.4 Å². The highest BCUT2D eigenvalue weighted by atomic mass is 16.7. The third kappa shape index (κ3) is 5.91. The van der Waals surface area contributed by atoms with Crippen LogP contribution in [-0.4, -0.2) is 19.2 Å². The van der Waals surface area contributed by atoms with Crippen molar-refractivity contribution < 1.29 is 28.5 Å². The zero-order valence-electron chi connectivity index (χ0n) is 27.9. The number of carbonyl (C=O) groups is 2. The molecule has 1 aliphatic rings. The lowest BCUT2D eigenvalue weighted by Crippen LogP contribution is -2.28. The van der Waals surface area contributed by atoms with Gasteiger partial charge in [0.15, 0.2) is 0 Å². The molecule has 6 heteroatoms. The van der Waals surface area contributed by atoms with E-state index in [2.05, 4.69) is 62.4 Å². The number of methoxy groups -OCH3 is 1. The Labute approximate surface area is 285 Å². The Morgan fingerprint density at radius 2 is 1.06 bits per heavy atom. The molecular formula is C43H36O6. The summed E-state index contributed by atoms with van der Waals surface area (Å²) in [5.74, 6) is 1.72. The summed E-state index contributed by atoms with van der Waals surface area (Å²) in [5.41, 5.74) is 6.13. The number of esters is 1. The number of rotatable bonds is 8. The Morgan fingerprint density at radius 3 is 1.57 bits per heavy atom. The topological polar surface area (TPSA) is 71.1 Å². The van der Waals surface area contributed by atoms with Gasteiger partial charge in [-0.15, -0.1) is 0 Å². The maximum Gasteiger partial charge on any atom is 0.519 e. The summed E-state index contributed by atoms with van der Waals surface area (Å²) in [4.78, 5) is 24.1. The molecule has 6 nitrogen and oxygen atoms in total. The fourth-order valence-corrected chi connectivity index (χ4v) is 7.09. The lowest BCUT2D eigenvalue weighted by atomic mass is 9.69. The summed E-state index contributed by atoms with van der Waals surface area (Å²) in [6.45, 7) is 5.58. The predicted octanol–water partition coefficient (Wildman–Crippen LogP) is 9.57. The molecule has 7 rings (SSSR count). The molecule has 0 saturated carbocycles. The van der Waals surface area contributed by atoms with E-state index in [4.69, 9.17) is 18.9 Å². The molecule has 0 bridgehead atoms. The average molecular weight is 649 g/mol. The van der Waals surface area contributed by atoms with Crippen molar-refractivity contribution in [3.63, 3.8) is 0 Å². The van der Waals surface area contributed by atoms with Gasteiger partial charge in [0.2, 0.25) is 0 Å². The van der Waals surface area contributed by atoms with E-state index < -0.39 is 11.6 Å². The van der Waals surface area contributed by atoms with Crippen molar-refractivity contribution in [1.29, 1.82) is 0 Å². The van der Waals surface area contributed by atoms with Crippen molar-refractivity contribution in [3.05, 3.63) is 167 Å². The zero-order chi connectivity index (χ0) is 34.2. The highest BCUT2D eigenvalue weighted by molar-refractivity contribution is 5.94. The molecule has 0 N–H and O–H groups in total. The molecule has 0 fully saturated rings. The highest BCUT2D eigenvalue weighted by Gasteiger charge is 2.42. The van der Waals surface area contributed by atoms with Crippen LogP contribution in [0.4, 0.5) is 4.79 Å². The first-order chi connectivity index (χ1) is 23.7. The van der Waals surface area contributed by atoms with Gasteiger partial charge in [-0.25, -0.2) is 4.79 Å². The molecule has 0 radical (unpaired) electrons. The minimum absolute atomic E-state index is 0.342. The molecule has 0 heterocycles. The van der Waals surface area contributed by atoms with Gasteiger partial charge < -0.3 is 18.9 Å². The third-order valence-electron chi connectivity index (χ3n) is 9.65. The zero-order valence-corrected chi connectivity index (χ0v) is 27.9. The SMILES string of the molecule is COc1ccc(C2(c3ccc(OC(=O)Oc4ccc(C(C)(C)c5ccc(OC(C)=O)cc5)cc4)cc3)Cc3cccc4cccc2c34)cc1. The first-order valence-corrected chi connectivity index (χ1v) is 16.2. The summed E-state index contributed by atoms with van der Waals surface area (Å²) >= 11 is 0. The maximum atomic E-state index is 12.9. The van der Waals surface area contributed by atoms with Crippen LogP contribution in [0.3, 0.4) is 0 Å². The van der Waals surface area contributed by atoms with Crippen molar-refractivity contribution in [3.8, 4) is 23.0 Å². The molecule has 0 amide bonds. The lowest BCUT2D eigenvalue weighted by Gasteiger charge is -2.32. The monoisotopic (exact) mass is 648 g/mol. The first-order valence-electron chi connectivity index (χ1n) is 16.2. The van der Waals surface area contributed by atoms with Crippen molar-refractivity contribution in [2.75, 3.05) is 7.11 Å². The molecule has 0 saturated heterocycles. The second kappa shape index (κ2) is 12.6. The number of hydrogen-bond acceptors (Lipinski definition) is 6. The predicted molar refractivity (Wildman–Crippen MR) is 190 cm³/mol. The maximum absolute atomic E-state index is 12.9. The van der Waals surface area contributed by atoms with E-state index in [0.717, 1.165) is 34.4 Å². The molecule has 1 atom stereocenters. The van der Waals surface area contributed by atoms with Crippen LogP contribution >= 0.6 is 0 Å². The second-order valence-electron chi connectivity index (χ2n) is 12.9. The van der Waals surface area contributed by atoms with Gasteiger partial charge in [0.1, 0.15) is 23.0 Å². The van der Waals surface area contributed by atoms with E-state index in [0.29, 0.717) is 17.2 Å². The van der Waals surface area contributed by atoms with Crippen LogP contribution in [0.2, 0.25) is 0 Å². The summed E-state index contributed by atoms with van der Waals surface area (Å²) < 4.78 is 21.8. The van der Waals surface area contributed by atoms with Gasteiger partial charge in [0, 0.05) is 17.8 Å². The third-order valence-corrected chi connectivity index (χ3v) is 9.65. The average Bonchev–Trinajstić information content (AvgIpc) is 3.45. The van der Waals surface area contributed by atoms with Crippen LogP contribution in [0.15, 0.2) is 133 Å². The Morgan fingerprint density at radius 1 is 0.592 bits per heavy atom. The summed E-state index contributed by atoms with van der Waals surface area (Å²) in [6.07, 6.45) is -0.00582. The van der Waals surface area contributed by atoms with Gasteiger partial charge in [-0.2, -0.15) is 0 Å². The number of carbonyl (C=O) groups excluding carboxylic acids is 2. The smallest absolute Gasteiger partial charge is 0.497 e. The van der Waals surface area contributed by atoms with E-state index in [1.54, 1.807) is 31.4 Å². The van der Waals surface area contributed by atoms with Gasteiger partial charge in [-0.05, 0) is 99.1 Å². The molecule has 1 unspecified atom stereocenters. The minimum Gasteiger partial charge on any atom is -0.497 e. The van der Waals surface area contributed by atoms with Crippen LogP contribution in [0.25, 0.3) is 10.8 Å². The number of benzene rings is 6. The Bertz CT molecular complexity index is 2140. The molecule has 6 aromatic rings. The van der Waals surface area contributed by atoms with Crippen LogP contribution in [0.1, 0.15) is 54.2 Å². The van der Waals surface area contributed by atoms with Crippen LogP contribution in [0.5, 0.6) is 23.0 Å². The van der Waals surface area contributed by atoms with Gasteiger partial charge in [-0.3, -0.25) is 4.79 Å². The Hall–Kier alpha value is -5.88. The molecule has 0 aromatic heterocycles.